The number of hydrogen-bond donors (Lipinski definition) is 1. The van der Waals surface area contributed by atoms with Gasteiger partial charge in [-0.3, -0.25) is 4.99 Å². The van der Waals surface area contributed by atoms with Crippen LogP contribution in [0.3, 0.4) is 0 Å². The molecule has 0 saturated heterocycles. The Hall–Kier alpha value is -3.25. The number of hydrogen-bond acceptors (Lipinski definition) is 8. The maximum absolute atomic E-state index is 6.47. The number of halogens is 2. The van der Waals surface area contributed by atoms with E-state index in [4.69, 9.17) is 43.8 Å². The molecule has 3 aromatic rings. The summed E-state index contributed by atoms with van der Waals surface area (Å²) in [7, 11) is 1.62. The van der Waals surface area contributed by atoms with E-state index in [-0.39, 0.29) is 6.23 Å². The van der Waals surface area contributed by atoms with Crippen LogP contribution in [0.2, 0.25) is 10.0 Å². The lowest BCUT2D eigenvalue weighted by Gasteiger charge is -2.25. The van der Waals surface area contributed by atoms with Crippen molar-refractivity contribution in [1.82, 2.24) is 14.9 Å². The molecule has 34 heavy (non-hydrogen) atoms. The maximum atomic E-state index is 6.47. The number of terminal acetylenes is 1. The summed E-state index contributed by atoms with van der Waals surface area (Å²) in [4.78, 5) is 15.1. The summed E-state index contributed by atoms with van der Waals surface area (Å²) in [6.07, 6.45) is 8.58. The van der Waals surface area contributed by atoms with Crippen molar-refractivity contribution in [2.24, 2.45) is 4.99 Å². The van der Waals surface area contributed by atoms with Crippen LogP contribution in [0.5, 0.6) is 11.5 Å². The van der Waals surface area contributed by atoms with Crippen LogP contribution >= 0.6 is 23.2 Å². The second-order valence-electron chi connectivity index (χ2n) is 7.41. The molecule has 1 aliphatic heterocycles. The molecule has 0 spiro atoms. The molecule has 0 bridgehead atoms. The van der Waals surface area contributed by atoms with Gasteiger partial charge in [0.05, 0.1) is 46.3 Å². The van der Waals surface area contributed by atoms with E-state index in [1.165, 1.54) is 6.33 Å². The van der Waals surface area contributed by atoms with Gasteiger partial charge in [-0.25, -0.2) is 9.97 Å². The van der Waals surface area contributed by atoms with Crippen LogP contribution in [0.15, 0.2) is 35.6 Å². The standard InChI is InChI=1S/C24H23Cl2N5O3/c1-4-16-18(25)5-6-19(23(16)26)30-24-17-11-21(33-10-9-32-3)22(12-20(17)28-13-29-24)34-15(2)31-8-7-27-14-31/h1,5-6,11-15H,7-10H2,2-3H3,(H,28,29,30). The number of nitrogens with one attached hydrogen (secondary N) is 1. The molecule has 1 aliphatic rings. The molecule has 2 heterocycles. The highest BCUT2D eigenvalue weighted by Gasteiger charge is 2.19. The predicted octanol–water partition coefficient (Wildman–Crippen LogP) is 4.76. The van der Waals surface area contributed by atoms with Crippen LogP contribution in [0, 0.1) is 12.3 Å². The van der Waals surface area contributed by atoms with Crippen molar-refractivity contribution in [3.8, 4) is 23.8 Å². The molecule has 0 fully saturated rings. The zero-order valence-electron chi connectivity index (χ0n) is 18.7. The molecule has 2 aromatic carbocycles. The fourth-order valence-electron chi connectivity index (χ4n) is 3.43. The Bertz CT molecular complexity index is 1260. The van der Waals surface area contributed by atoms with Crippen molar-refractivity contribution in [2.45, 2.75) is 13.2 Å². The lowest BCUT2D eigenvalue weighted by Crippen LogP contribution is -2.34. The van der Waals surface area contributed by atoms with E-state index in [9.17, 15) is 0 Å². The number of methoxy groups -OCH3 is 1. The van der Waals surface area contributed by atoms with Gasteiger partial charge in [0.15, 0.2) is 17.7 Å². The number of rotatable bonds is 9. The minimum Gasteiger partial charge on any atom is -0.487 e. The minimum atomic E-state index is -0.233. The fraction of sp³-hybridized carbons (Fsp3) is 0.292. The average molecular weight is 500 g/mol. The zero-order chi connectivity index (χ0) is 24.1. The van der Waals surface area contributed by atoms with Crippen LogP contribution < -0.4 is 14.8 Å². The smallest absolute Gasteiger partial charge is 0.170 e. The summed E-state index contributed by atoms with van der Waals surface area (Å²) >= 11 is 12.6. The van der Waals surface area contributed by atoms with Crippen LogP contribution in [0.1, 0.15) is 12.5 Å². The van der Waals surface area contributed by atoms with Crippen LogP contribution in [-0.2, 0) is 4.74 Å². The van der Waals surface area contributed by atoms with Gasteiger partial charge in [0, 0.05) is 25.1 Å². The topological polar surface area (TPSA) is 81.1 Å². The van der Waals surface area contributed by atoms with E-state index in [0.717, 1.165) is 13.1 Å². The molecule has 0 amide bonds. The molecule has 1 N–H and O–H groups in total. The quantitative estimate of drug-likeness (QED) is 0.335. The van der Waals surface area contributed by atoms with Crippen LogP contribution in [0.4, 0.5) is 11.5 Å². The van der Waals surface area contributed by atoms with Gasteiger partial charge in [0.25, 0.3) is 0 Å². The molecule has 1 aromatic heterocycles. The second-order valence-corrected chi connectivity index (χ2v) is 8.19. The van der Waals surface area contributed by atoms with Gasteiger partial charge in [-0.1, -0.05) is 29.1 Å². The Morgan fingerprint density at radius 2 is 2.06 bits per heavy atom. The van der Waals surface area contributed by atoms with Gasteiger partial charge in [0.1, 0.15) is 18.8 Å². The van der Waals surface area contributed by atoms with Crippen LogP contribution in [-0.4, -0.2) is 60.8 Å². The highest BCUT2D eigenvalue weighted by atomic mass is 35.5. The van der Waals surface area contributed by atoms with Crippen molar-refractivity contribution in [2.75, 3.05) is 38.7 Å². The first-order valence-corrected chi connectivity index (χ1v) is 11.3. The molecular weight excluding hydrogens is 477 g/mol. The second kappa shape index (κ2) is 10.8. The van der Waals surface area contributed by atoms with Gasteiger partial charge < -0.3 is 24.4 Å². The van der Waals surface area contributed by atoms with Crippen molar-refractivity contribution in [3.63, 3.8) is 0 Å². The van der Waals surface area contributed by atoms with Crippen molar-refractivity contribution in [1.29, 1.82) is 0 Å². The van der Waals surface area contributed by atoms with E-state index in [1.54, 1.807) is 25.6 Å². The first kappa shape index (κ1) is 23.9. The Morgan fingerprint density at radius 1 is 1.21 bits per heavy atom. The molecule has 0 radical (unpaired) electrons. The zero-order valence-corrected chi connectivity index (χ0v) is 20.2. The number of ether oxygens (including phenoxy) is 3. The Balaban J connectivity index is 1.71. The molecule has 0 aliphatic carbocycles. The number of aliphatic imine (C=N–C) groups is 1. The fourth-order valence-corrected chi connectivity index (χ4v) is 3.96. The van der Waals surface area contributed by atoms with Gasteiger partial charge in [0.2, 0.25) is 0 Å². The molecule has 176 valence electrons. The number of fused-ring (bicyclic) bond motifs is 1. The molecule has 8 nitrogen and oxygen atoms in total. The average Bonchev–Trinajstić information content (AvgIpc) is 3.37. The molecule has 10 heteroatoms. The van der Waals surface area contributed by atoms with Gasteiger partial charge in [-0.15, -0.1) is 6.42 Å². The molecule has 0 saturated carbocycles. The van der Waals surface area contributed by atoms with E-state index in [0.29, 0.717) is 62.7 Å². The third kappa shape index (κ3) is 5.12. The molecule has 1 atom stereocenters. The van der Waals surface area contributed by atoms with Gasteiger partial charge in [-0.05, 0) is 25.1 Å². The number of anilines is 2. The molecular formula is C24H23Cl2N5O3. The highest BCUT2D eigenvalue weighted by molar-refractivity contribution is 6.38. The normalized spacial score (nSPS) is 13.7. The Labute approximate surface area is 207 Å². The lowest BCUT2D eigenvalue weighted by molar-refractivity contribution is 0.0970. The van der Waals surface area contributed by atoms with Gasteiger partial charge in [-0.2, -0.15) is 0 Å². The SMILES string of the molecule is C#Cc1c(Cl)ccc(Nc2ncnc3cc(OC(C)N4C=NCC4)c(OCCOC)cc23)c1Cl. The van der Waals surface area contributed by atoms with Crippen molar-refractivity contribution in [3.05, 3.63) is 46.2 Å². The first-order valence-electron chi connectivity index (χ1n) is 10.6. The first-order chi connectivity index (χ1) is 16.5. The third-order valence-electron chi connectivity index (χ3n) is 5.22. The van der Waals surface area contributed by atoms with E-state index in [1.807, 2.05) is 24.0 Å². The number of aromatic nitrogens is 2. The van der Waals surface area contributed by atoms with Crippen molar-refractivity contribution < 1.29 is 14.2 Å². The van der Waals surface area contributed by atoms with Crippen LogP contribution in [0.25, 0.3) is 10.9 Å². The number of nitrogens with zero attached hydrogens (tertiary/aromatic N) is 4. The summed E-state index contributed by atoms with van der Waals surface area (Å²) in [5, 5.41) is 4.68. The highest BCUT2D eigenvalue weighted by Crippen LogP contribution is 2.38. The molecule has 4 rings (SSSR count). The predicted molar refractivity (Wildman–Crippen MR) is 135 cm³/mol. The summed E-state index contributed by atoms with van der Waals surface area (Å²) in [5.74, 6) is 4.14. The monoisotopic (exact) mass is 499 g/mol. The summed E-state index contributed by atoms with van der Waals surface area (Å²) in [5.41, 5.74) is 1.64. The maximum Gasteiger partial charge on any atom is 0.170 e. The largest absolute Gasteiger partial charge is 0.487 e. The van der Waals surface area contributed by atoms with E-state index < -0.39 is 0 Å². The number of benzene rings is 2. The summed E-state index contributed by atoms with van der Waals surface area (Å²) < 4.78 is 17.3. The lowest BCUT2D eigenvalue weighted by atomic mass is 10.1. The van der Waals surface area contributed by atoms with E-state index >= 15 is 0 Å². The van der Waals surface area contributed by atoms with E-state index in [2.05, 4.69) is 26.2 Å². The third-order valence-corrected chi connectivity index (χ3v) is 5.92. The Morgan fingerprint density at radius 3 is 2.79 bits per heavy atom. The molecule has 1 unspecified atom stereocenters. The summed E-state index contributed by atoms with van der Waals surface area (Å²) in [6, 6.07) is 7.08. The van der Waals surface area contributed by atoms with Crippen molar-refractivity contribution >= 4 is 51.9 Å². The summed E-state index contributed by atoms with van der Waals surface area (Å²) in [6.45, 7) is 4.28. The Kier molecular flexibility index (Phi) is 7.58. The minimum absolute atomic E-state index is 0.233. The van der Waals surface area contributed by atoms with Gasteiger partial charge >= 0.3 is 0 Å².